The Bertz CT molecular complexity index is 596. The number of pyridine rings is 1. The van der Waals surface area contributed by atoms with Crippen LogP contribution >= 0.6 is 0 Å². The van der Waals surface area contributed by atoms with Crippen LogP contribution in [0.2, 0.25) is 0 Å². The van der Waals surface area contributed by atoms with E-state index in [9.17, 15) is 9.59 Å². The molecule has 0 saturated carbocycles. The van der Waals surface area contributed by atoms with Gasteiger partial charge in [-0.15, -0.1) is 0 Å². The standard InChI is InChI=1S/C12H11NO2/c1-7-5-12(15)10-6-9(8(2)14)3-4-11(10)13-7/h3-6H,1-2H3,(H,13,15). The largest absolute Gasteiger partial charge is 0.358 e. The third-order valence-corrected chi connectivity index (χ3v) is 2.37. The summed E-state index contributed by atoms with van der Waals surface area (Å²) in [4.78, 5) is 25.9. The Morgan fingerprint density at radius 2 is 2.00 bits per heavy atom. The number of nitrogens with one attached hydrogen (secondary N) is 1. The van der Waals surface area contributed by atoms with Gasteiger partial charge in [-0.2, -0.15) is 0 Å². The number of aryl methyl sites for hydroxylation is 1. The van der Waals surface area contributed by atoms with Gasteiger partial charge in [0.05, 0.1) is 0 Å². The second kappa shape index (κ2) is 3.35. The molecule has 2 aromatic rings. The van der Waals surface area contributed by atoms with Crippen LogP contribution in [0.15, 0.2) is 29.1 Å². The topological polar surface area (TPSA) is 49.9 Å². The second-order valence-corrected chi connectivity index (χ2v) is 3.63. The maximum absolute atomic E-state index is 11.6. The molecular weight excluding hydrogens is 190 g/mol. The Labute approximate surface area is 86.8 Å². The van der Waals surface area contributed by atoms with Crippen LogP contribution in [-0.2, 0) is 0 Å². The van der Waals surface area contributed by atoms with Crippen molar-refractivity contribution in [2.45, 2.75) is 13.8 Å². The number of Topliss-reactive ketones (excluding diaryl/α,β-unsaturated/α-hetero) is 1. The normalized spacial score (nSPS) is 10.5. The zero-order valence-electron chi connectivity index (χ0n) is 8.63. The molecule has 1 aromatic carbocycles. The van der Waals surface area contributed by atoms with Crippen LogP contribution in [0.5, 0.6) is 0 Å². The number of carbonyl (C=O) groups excluding carboxylic acids is 1. The lowest BCUT2D eigenvalue weighted by atomic mass is 10.1. The van der Waals surface area contributed by atoms with E-state index in [2.05, 4.69) is 4.98 Å². The number of hydrogen-bond acceptors (Lipinski definition) is 2. The van der Waals surface area contributed by atoms with Crippen molar-refractivity contribution in [3.63, 3.8) is 0 Å². The fourth-order valence-electron chi connectivity index (χ4n) is 1.60. The molecule has 0 unspecified atom stereocenters. The number of rotatable bonds is 1. The number of H-pyrrole nitrogens is 1. The van der Waals surface area contributed by atoms with Crippen molar-refractivity contribution < 1.29 is 4.79 Å². The quantitative estimate of drug-likeness (QED) is 0.718. The van der Waals surface area contributed by atoms with E-state index in [4.69, 9.17) is 0 Å². The van der Waals surface area contributed by atoms with Crippen LogP contribution in [0.4, 0.5) is 0 Å². The molecule has 0 atom stereocenters. The van der Waals surface area contributed by atoms with Gasteiger partial charge in [0.1, 0.15) is 0 Å². The second-order valence-electron chi connectivity index (χ2n) is 3.63. The molecule has 0 bridgehead atoms. The van der Waals surface area contributed by atoms with E-state index in [0.717, 1.165) is 11.2 Å². The Morgan fingerprint density at radius 3 is 2.67 bits per heavy atom. The number of hydrogen-bond donors (Lipinski definition) is 1. The van der Waals surface area contributed by atoms with Gasteiger partial charge in [-0.05, 0) is 32.0 Å². The molecule has 0 aliphatic rings. The van der Waals surface area contributed by atoms with Crippen molar-refractivity contribution in [2.24, 2.45) is 0 Å². The minimum atomic E-state index is -0.0515. The van der Waals surface area contributed by atoms with Crippen molar-refractivity contribution in [1.82, 2.24) is 4.98 Å². The number of aromatic amines is 1. The van der Waals surface area contributed by atoms with E-state index in [1.807, 2.05) is 6.92 Å². The average Bonchev–Trinajstić information content (AvgIpc) is 2.16. The monoisotopic (exact) mass is 201 g/mol. The number of fused-ring (bicyclic) bond motifs is 1. The van der Waals surface area contributed by atoms with E-state index < -0.39 is 0 Å². The van der Waals surface area contributed by atoms with Crippen LogP contribution in [0, 0.1) is 6.92 Å². The van der Waals surface area contributed by atoms with Gasteiger partial charge < -0.3 is 4.98 Å². The fraction of sp³-hybridized carbons (Fsp3) is 0.167. The maximum atomic E-state index is 11.6. The van der Waals surface area contributed by atoms with E-state index in [-0.39, 0.29) is 11.2 Å². The third kappa shape index (κ3) is 1.68. The van der Waals surface area contributed by atoms with Crippen LogP contribution in [0.3, 0.4) is 0 Å². The van der Waals surface area contributed by atoms with Gasteiger partial charge >= 0.3 is 0 Å². The lowest BCUT2D eigenvalue weighted by Crippen LogP contribution is -2.04. The molecule has 0 spiro atoms. The minimum Gasteiger partial charge on any atom is -0.358 e. The van der Waals surface area contributed by atoms with Gasteiger partial charge in [0, 0.05) is 28.2 Å². The highest BCUT2D eigenvalue weighted by atomic mass is 16.1. The Hall–Kier alpha value is -1.90. The number of aromatic nitrogens is 1. The summed E-state index contributed by atoms with van der Waals surface area (Å²) >= 11 is 0. The SMILES string of the molecule is CC(=O)c1ccc2[nH]c(C)cc(=O)c2c1. The molecule has 1 aromatic heterocycles. The summed E-state index contributed by atoms with van der Waals surface area (Å²) in [6, 6.07) is 6.66. The first kappa shape index (κ1) is 9.65. The summed E-state index contributed by atoms with van der Waals surface area (Å²) in [5.41, 5.74) is 2.11. The van der Waals surface area contributed by atoms with E-state index >= 15 is 0 Å². The van der Waals surface area contributed by atoms with Gasteiger partial charge in [-0.1, -0.05) is 0 Å². The highest BCUT2D eigenvalue weighted by Gasteiger charge is 2.04. The Kier molecular flexibility index (Phi) is 2.15. The van der Waals surface area contributed by atoms with Crippen LogP contribution in [0.25, 0.3) is 10.9 Å². The molecular formula is C12H11NO2. The highest BCUT2D eigenvalue weighted by molar-refractivity contribution is 5.97. The highest BCUT2D eigenvalue weighted by Crippen LogP contribution is 2.11. The summed E-state index contributed by atoms with van der Waals surface area (Å²) in [5, 5.41) is 0.563. The van der Waals surface area contributed by atoms with Gasteiger partial charge in [-0.3, -0.25) is 9.59 Å². The minimum absolute atomic E-state index is 0.0307. The van der Waals surface area contributed by atoms with Crippen molar-refractivity contribution in [3.8, 4) is 0 Å². The molecule has 1 heterocycles. The molecule has 0 radical (unpaired) electrons. The molecule has 3 heteroatoms. The molecule has 0 aliphatic carbocycles. The van der Waals surface area contributed by atoms with Crippen molar-refractivity contribution in [1.29, 1.82) is 0 Å². The molecule has 0 fully saturated rings. The summed E-state index contributed by atoms with van der Waals surface area (Å²) < 4.78 is 0. The van der Waals surface area contributed by atoms with Gasteiger partial charge in [0.25, 0.3) is 0 Å². The fourth-order valence-corrected chi connectivity index (χ4v) is 1.60. The molecule has 0 aliphatic heterocycles. The Balaban J connectivity index is 2.83. The lowest BCUT2D eigenvalue weighted by molar-refractivity contribution is 0.101. The third-order valence-electron chi connectivity index (χ3n) is 2.37. The predicted molar refractivity (Wildman–Crippen MR) is 59.3 cm³/mol. The zero-order chi connectivity index (χ0) is 11.0. The van der Waals surface area contributed by atoms with Crippen molar-refractivity contribution in [3.05, 3.63) is 45.7 Å². The first-order valence-corrected chi connectivity index (χ1v) is 4.72. The van der Waals surface area contributed by atoms with Gasteiger partial charge in [-0.25, -0.2) is 0 Å². The number of ketones is 1. The smallest absolute Gasteiger partial charge is 0.189 e. The molecule has 3 nitrogen and oxygen atoms in total. The number of carbonyl (C=O) groups is 1. The van der Waals surface area contributed by atoms with E-state index in [1.165, 1.54) is 13.0 Å². The predicted octanol–water partition coefficient (Wildman–Crippen LogP) is 2.04. The molecule has 76 valence electrons. The van der Waals surface area contributed by atoms with E-state index in [1.54, 1.807) is 18.2 Å². The number of benzene rings is 1. The van der Waals surface area contributed by atoms with Gasteiger partial charge in [0.2, 0.25) is 0 Å². The summed E-state index contributed by atoms with van der Waals surface area (Å²) in [5.74, 6) is -0.0307. The van der Waals surface area contributed by atoms with Crippen molar-refractivity contribution >= 4 is 16.7 Å². The molecule has 0 amide bonds. The summed E-state index contributed by atoms with van der Waals surface area (Å²) in [7, 11) is 0. The van der Waals surface area contributed by atoms with Crippen LogP contribution < -0.4 is 5.43 Å². The first-order chi connectivity index (χ1) is 7.08. The molecule has 0 saturated heterocycles. The summed E-state index contributed by atoms with van der Waals surface area (Å²) in [6.07, 6.45) is 0. The van der Waals surface area contributed by atoms with Crippen molar-refractivity contribution in [2.75, 3.05) is 0 Å². The zero-order valence-corrected chi connectivity index (χ0v) is 8.63. The van der Waals surface area contributed by atoms with Gasteiger partial charge in [0.15, 0.2) is 11.2 Å². The Morgan fingerprint density at radius 1 is 1.27 bits per heavy atom. The maximum Gasteiger partial charge on any atom is 0.189 e. The van der Waals surface area contributed by atoms with E-state index in [0.29, 0.717) is 10.9 Å². The molecule has 15 heavy (non-hydrogen) atoms. The summed E-state index contributed by atoms with van der Waals surface area (Å²) in [6.45, 7) is 3.32. The average molecular weight is 201 g/mol. The lowest BCUT2D eigenvalue weighted by Gasteiger charge is -2.01. The first-order valence-electron chi connectivity index (χ1n) is 4.72. The van der Waals surface area contributed by atoms with Crippen LogP contribution in [0.1, 0.15) is 23.0 Å². The molecule has 2 rings (SSSR count). The van der Waals surface area contributed by atoms with Crippen LogP contribution in [-0.4, -0.2) is 10.8 Å². The molecule has 1 N–H and O–H groups in total.